The zero-order valence-electron chi connectivity index (χ0n) is 19.6. The molecule has 3 rings (SSSR count). The summed E-state index contributed by atoms with van der Waals surface area (Å²) in [5, 5.41) is 9.75. The number of amides is 2. The van der Waals surface area contributed by atoms with Gasteiger partial charge in [0.1, 0.15) is 11.7 Å². The minimum atomic E-state index is -0.386. The lowest BCUT2D eigenvalue weighted by molar-refractivity contribution is -0.130. The van der Waals surface area contributed by atoms with Gasteiger partial charge in [-0.25, -0.2) is 4.98 Å². The van der Waals surface area contributed by atoms with Gasteiger partial charge in [-0.05, 0) is 37.6 Å². The van der Waals surface area contributed by atoms with Crippen LogP contribution in [0.5, 0.6) is 5.88 Å². The fourth-order valence-electron chi connectivity index (χ4n) is 3.78. The zero-order valence-corrected chi connectivity index (χ0v) is 19.6. The van der Waals surface area contributed by atoms with Crippen molar-refractivity contribution < 1.29 is 19.4 Å². The van der Waals surface area contributed by atoms with Crippen molar-refractivity contribution in [2.45, 2.75) is 39.3 Å². The van der Waals surface area contributed by atoms with E-state index in [2.05, 4.69) is 9.97 Å². The lowest BCUT2D eigenvalue weighted by atomic mass is 9.99. The third-order valence-corrected chi connectivity index (χ3v) is 5.84. The molecule has 1 N–H and O–H groups in total. The largest absolute Gasteiger partial charge is 0.472 e. The Labute approximate surface area is 194 Å². The molecule has 3 atom stereocenters. The van der Waals surface area contributed by atoms with E-state index in [-0.39, 0.29) is 48.8 Å². The fourth-order valence-corrected chi connectivity index (χ4v) is 3.78. The predicted octanol–water partition coefficient (Wildman–Crippen LogP) is 2.43. The number of nitrogens with zero attached hydrogens (tertiary/aromatic N) is 4. The maximum Gasteiger partial charge on any atom is 0.259 e. The van der Waals surface area contributed by atoms with Gasteiger partial charge in [-0.3, -0.25) is 14.6 Å². The smallest absolute Gasteiger partial charge is 0.259 e. The van der Waals surface area contributed by atoms with Crippen LogP contribution in [-0.2, 0) is 11.2 Å². The van der Waals surface area contributed by atoms with Gasteiger partial charge >= 0.3 is 0 Å². The first-order valence-electron chi connectivity index (χ1n) is 11.2. The number of ether oxygens (including phenoxy) is 1. The molecule has 0 unspecified atom stereocenters. The number of aliphatic hydroxyl groups is 1. The Morgan fingerprint density at radius 1 is 1.39 bits per heavy atom. The first-order chi connectivity index (χ1) is 15.8. The molecule has 0 aromatic carbocycles. The average Bonchev–Trinajstić information content (AvgIpc) is 2.82. The summed E-state index contributed by atoms with van der Waals surface area (Å²) in [6, 6.07) is 6.89. The number of carbonyl (C=O) groups is 2. The quantitative estimate of drug-likeness (QED) is 0.693. The van der Waals surface area contributed by atoms with Gasteiger partial charge in [0.05, 0.1) is 25.6 Å². The van der Waals surface area contributed by atoms with Crippen LogP contribution < -0.4 is 4.74 Å². The number of likely N-dealkylation sites (N-methyl/N-ethyl adjacent to an activating group) is 1. The molecule has 33 heavy (non-hydrogen) atoms. The molecule has 0 fully saturated rings. The number of fused-ring (bicyclic) bond motifs is 1. The molecular weight excluding hydrogens is 420 g/mol. The summed E-state index contributed by atoms with van der Waals surface area (Å²) in [7, 11) is 1.74. The van der Waals surface area contributed by atoms with E-state index in [1.807, 2.05) is 51.1 Å². The van der Waals surface area contributed by atoms with E-state index in [0.29, 0.717) is 24.3 Å². The van der Waals surface area contributed by atoms with Crippen LogP contribution in [0.2, 0.25) is 0 Å². The number of rotatable bonds is 7. The van der Waals surface area contributed by atoms with Crippen molar-refractivity contribution in [3.63, 3.8) is 0 Å². The van der Waals surface area contributed by atoms with Gasteiger partial charge < -0.3 is 19.6 Å². The number of pyridine rings is 2. The highest BCUT2D eigenvalue weighted by atomic mass is 16.5. The Kier molecular flexibility index (Phi) is 8.16. The van der Waals surface area contributed by atoms with Crippen LogP contribution in [0.3, 0.4) is 0 Å². The molecule has 0 radical (unpaired) electrons. The third-order valence-electron chi connectivity index (χ3n) is 5.84. The van der Waals surface area contributed by atoms with Crippen LogP contribution in [0.15, 0.2) is 42.7 Å². The van der Waals surface area contributed by atoms with Crippen LogP contribution in [-0.4, -0.2) is 75.6 Å². The Morgan fingerprint density at radius 2 is 2.18 bits per heavy atom. The third kappa shape index (κ3) is 5.96. The number of aliphatic hydroxyl groups excluding tert-OH is 1. The summed E-state index contributed by atoms with van der Waals surface area (Å²) in [5.74, 6) is -0.154. The van der Waals surface area contributed by atoms with E-state index in [9.17, 15) is 14.7 Å². The van der Waals surface area contributed by atoms with Crippen molar-refractivity contribution in [2.24, 2.45) is 5.92 Å². The minimum absolute atomic E-state index is 0.0696. The standard InChI is InChI=1S/C25H32N4O4/c1-5-8-19-11-21-24(27-13-19)33-22(17(2)14-29(25(21)32)18(3)16-30)15-28(4)23(31)12-20-9-6-7-10-26-20/h5-11,13,17-18,22,30H,12,14-16H2,1-4H3/b8-5+/t17-,18-,22+/m1/s1. The topological polar surface area (TPSA) is 95.9 Å². The van der Waals surface area contributed by atoms with Crippen molar-refractivity contribution in [2.75, 3.05) is 26.7 Å². The summed E-state index contributed by atoms with van der Waals surface area (Å²) in [6.45, 7) is 6.26. The molecular formula is C25H32N4O4. The molecule has 3 heterocycles. The second-order valence-electron chi connectivity index (χ2n) is 8.52. The van der Waals surface area contributed by atoms with Gasteiger partial charge in [0.25, 0.3) is 5.91 Å². The lowest BCUT2D eigenvalue weighted by Gasteiger charge is -2.37. The SMILES string of the molecule is C/C=C/c1cnc2c(c1)C(=O)N([C@H](C)CO)C[C@@H](C)[C@H](CN(C)C(=O)Cc1ccccn1)O2. The van der Waals surface area contributed by atoms with Crippen LogP contribution in [0.25, 0.3) is 6.08 Å². The van der Waals surface area contributed by atoms with Gasteiger partial charge in [-0.1, -0.05) is 25.1 Å². The highest BCUT2D eigenvalue weighted by Crippen LogP contribution is 2.27. The second-order valence-corrected chi connectivity index (χ2v) is 8.52. The second kappa shape index (κ2) is 11.0. The Bertz CT molecular complexity index is 995. The van der Waals surface area contributed by atoms with Crippen LogP contribution >= 0.6 is 0 Å². The van der Waals surface area contributed by atoms with Crippen molar-refractivity contribution in [1.82, 2.24) is 19.8 Å². The van der Waals surface area contributed by atoms with Crippen molar-refractivity contribution >= 4 is 17.9 Å². The first-order valence-corrected chi connectivity index (χ1v) is 11.2. The van der Waals surface area contributed by atoms with E-state index < -0.39 is 0 Å². The van der Waals surface area contributed by atoms with Gasteiger partial charge in [0, 0.05) is 37.6 Å². The number of carbonyl (C=O) groups excluding carboxylic acids is 2. The number of aromatic nitrogens is 2. The summed E-state index contributed by atoms with van der Waals surface area (Å²) < 4.78 is 6.23. The molecule has 8 heteroatoms. The predicted molar refractivity (Wildman–Crippen MR) is 126 cm³/mol. The average molecular weight is 453 g/mol. The molecule has 2 aromatic heterocycles. The van der Waals surface area contributed by atoms with E-state index >= 15 is 0 Å². The minimum Gasteiger partial charge on any atom is -0.472 e. The first kappa shape index (κ1) is 24.4. The van der Waals surface area contributed by atoms with Crippen LogP contribution in [0, 0.1) is 5.92 Å². The molecule has 1 aliphatic heterocycles. The number of hydrogen-bond donors (Lipinski definition) is 1. The van der Waals surface area contributed by atoms with Crippen LogP contribution in [0.4, 0.5) is 0 Å². The fraction of sp³-hybridized carbons (Fsp3) is 0.440. The molecule has 2 aromatic rings. The Morgan fingerprint density at radius 3 is 2.85 bits per heavy atom. The maximum atomic E-state index is 13.3. The molecule has 0 saturated heterocycles. The van der Waals surface area contributed by atoms with Crippen molar-refractivity contribution in [3.8, 4) is 5.88 Å². The van der Waals surface area contributed by atoms with Gasteiger partial charge in [-0.15, -0.1) is 0 Å². The zero-order chi connectivity index (χ0) is 24.0. The van der Waals surface area contributed by atoms with Crippen molar-refractivity contribution in [1.29, 1.82) is 0 Å². The van der Waals surface area contributed by atoms with Gasteiger partial charge in [0.2, 0.25) is 11.8 Å². The molecule has 0 spiro atoms. The maximum absolute atomic E-state index is 13.3. The Hall–Kier alpha value is -3.26. The number of hydrogen-bond acceptors (Lipinski definition) is 6. The highest BCUT2D eigenvalue weighted by molar-refractivity contribution is 5.97. The van der Waals surface area contributed by atoms with Gasteiger partial charge in [-0.2, -0.15) is 0 Å². The summed E-state index contributed by atoms with van der Waals surface area (Å²) in [6.07, 6.45) is 6.88. The molecule has 0 saturated carbocycles. The molecule has 1 aliphatic rings. The van der Waals surface area contributed by atoms with Crippen LogP contribution in [0.1, 0.15) is 42.4 Å². The van der Waals surface area contributed by atoms with E-state index in [1.54, 1.807) is 35.3 Å². The molecule has 176 valence electrons. The van der Waals surface area contributed by atoms with E-state index in [0.717, 1.165) is 5.56 Å². The molecule has 2 amide bonds. The van der Waals surface area contributed by atoms with Crippen molar-refractivity contribution in [3.05, 3.63) is 59.6 Å². The van der Waals surface area contributed by atoms with E-state index in [4.69, 9.17) is 4.74 Å². The summed E-state index contributed by atoms with van der Waals surface area (Å²) in [4.78, 5) is 38.1. The molecule has 0 aliphatic carbocycles. The van der Waals surface area contributed by atoms with E-state index in [1.165, 1.54) is 0 Å². The lowest BCUT2D eigenvalue weighted by Crippen LogP contribution is -2.50. The van der Waals surface area contributed by atoms with Gasteiger partial charge in [0.15, 0.2) is 0 Å². The number of allylic oxidation sites excluding steroid dienone is 1. The normalized spacial score (nSPS) is 19.4. The molecule has 0 bridgehead atoms. The monoisotopic (exact) mass is 452 g/mol. The molecule has 8 nitrogen and oxygen atoms in total. The summed E-state index contributed by atoms with van der Waals surface area (Å²) >= 11 is 0. The summed E-state index contributed by atoms with van der Waals surface area (Å²) in [5.41, 5.74) is 1.85. The highest BCUT2D eigenvalue weighted by Gasteiger charge is 2.34. The Balaban J connectivity index is 1.87.